The van der Waals surface area contributed by atoms with E-state index in [1.807, 2.05) is 31.2 Å². The topological polar surface area (TPSA) is 63.6 Å². The zero-order valence-corrected chi connectivity index (χ0v) is 14.3. The third kappa shape index (κ3) is 5.50. The van der Waals surface area contributed by atoms with Gasteiger partial charge >= 0.3 is 0 Å². The summed E-state index contributed by atoms with van der Waals surface area (Å²) in [5, 5.41) is 4.13. The minimum atomic E-state index is -0.281. The number of amides is 1. The number of aromatic nitrogens is 1. The molecule has 0 aliphatic rings. The van der Waals surface area contributed by atoms with Gasteiger partial charge in [-0.15, -0.1) is 0 Å². The summed E-state index contributed by atoms with van der Waals surface area (Å²) < 4.78 is 5.69. The van der Waals surface area contributed by atoms with Crippen molar-refractivity contribution in [1.29, 1.82) is 0 Å². The van der Waals surface area contributed by atoms with Gasteiger partial charge in [0.25, 0.3) is 5.91 Å². The lowest BCUT2D eigenvalue weighted by atomic mass is 10.1. The van der Waals surface area contributed by atoms with Gasteiger partial charge in [0.05, 0.1) is 17.9 Å². The van der Waals surface area contributed by atoms with Gasteiger partial charge in [0.1, 0.15) is 5.75 Å². The molecule has 1 heterocycles. The molecule has 24 heavy (non-hydrogen) atoms. The number of nitrogens with one attached hydrogen (secondary N) is 1. The van der Waals surface area contributed by atoms with Gasteiger partial charge in [0.15, 0.2) is 0 Å². The summed E-state index contributed by atoms with van der Waals surface area (Å²) in [6.07, 6.45) is 4.15. The molecule has 0 bridgehead atoms. The van der Waals surface area contributed by atoms with Gasteiger partial charge in [0.2, 0.25) is 0 Å². The number of ether oxygens (including phenoxy) is 1. The highest BCUT2D eigenvalue weighted by atomic mass is 16.5. The van der Waals surface area contributed by atoms with Crippen molar-refractivity contribution in [2.24, 2.45) is 11.0 Å². The average Bonchev–Trinajstić information content (AvgIpc) is 2.60. The van der Waals surface area contributed by atoms with Gasteiger partial charge < -0.3 is 4.74 Å². The molecule has 0 fully saturated rings. The summed E-state index contributed by atoms with van der Waals surface area (Å²) in [6.45, 7) is 6.90. The van der Waals surface area contributed by atoms with E-state index in [0.29, 0.717) is 18.1 Å². The largest absolute Gasteiger partial charge is 0.494 e. The van der Waals surface area contributed by atoms with Crippen LogP contribution >= 0.6 is 0 Å². The van der Waals surface area contributed by atoms with Gasteiger partial charge in [0, 0.05) is 12.4 Å². The molecule has 126 valence electrons. The third-order valence-electron chi connectivity index (χ3n) is 3.48. The molecule has 1 aromatic carbocycles. The van der Waals surface area contributed by atoms with E-state index >= 15 is 0 Å². The van der Waals surface area contributed by atoms with E-state index in [0.717, 1.165) is 23.4 Å². The molecule has 0 aliphatic heterocycles. The van der Waals surface area contributed by atoms with Crippen LogP contribution in [0.2, 0.25) is 0 Å². The quantitative estimate of drug-likeness (QED) is 0.624. The van der Waals surface area contributed by atoms with Crippen LogP contribution in [-0.2, 0) is 0 Å². The van der Waals surface area contributed by atoms with Crippen molar-refractivity contribution < 1.29 is 9.53 Å². The first-order chi connectivity index (χ1) is 11.6. The standard InChI is InChI=1S/C19H23N3O2/c1-14(2)10-12-24-18-8-6-16(7-9-18)15(3)21-22-19(23)17-5-4-11-20-13-17/h4-9,11,13-14H,10,12H2,1-3H3,(H,22,23)/b21-15-. The van der Waals surface area contributed by atoms with Crippen molar-refractivity contribution in [2.75, 3.05) is 6.61 Å². The second kappa shape index (κ2) is 8.82. The monoisotopic (exact) mass is 325 g/mol. The van der Waals surface area contributed by atoms with Crippen molar-refractivity contribution in [3.63, 3.8) is 0 Å². The van der Waals surface area contributed by atoms with Gasteiger partial charge in [-0.2, -0.15) is 5.10 Å². The molecule has 2 aromatic rings. The Morgan fingerprint density at radius 2 is 1.96 bits per heavy atom. The number of nitrogens with zero attached hydrogens (tertiary/aromatic N) is 2. The number of benzene rings is 1. The molecule has 0 atom stereocenters. The predicted octanol–water partition coefficient (Wildman–Crippen LogP) is 3.66. The Balaban J connectivity index is 1.92. The molecular weight excluding hydrogens is 302 g/mol. The van der Waals surface area contributed by atoms with Crippen LogP contribution in [0.25, 0.3) is 0 Å². The molecule has 5 heteroatoms. The minimum absolute atomic E-state index is 0.281. The Bertz CT molecular complexity index is 680. The van der Waals surface area contributed by atoms with Crippen LogP contribution in [0.5, 0.6) is 5.75 Å². The number of rotatable bonds is 7. The lowest BCUT2D eigenvalue weighted by molar-refractivity contribution is 0.0954. The molecule has 0 unspecified atom stereocenters. The van der Waals surface area contributed by atoms with Crippen LogP contribution in [0.3, 0.4) is 0 Å². The van der Waals surface area contributed by atoms with Gasteiger partial charge in [-0.3, -0.25) is 9.78 Å². The van der Waals surface area contributed by atoms with Crippen molar-refractivity contribution >= 4 is 11.6 Å². The molecular formula is C19H23N3O2. The van der Waals surface area contributed by atoms with E-state index in [4.69, 9.17) is 4.74 Å². The lowest BCUT2D eigenvalue weighted by Gasteiger charge is -2.09. The van der Waals surface area contributed by atoms with E-state index in [9.17, 15) is 4.79 Å². The van der Waals surface area contributed by atoms with Crippen molar-refractivity contribution in [2.45, 2.75) is 27.2 Å². The molecule has 2 rings (SSSR count). The molecule has 1 N–H and O–H groups in total. The number of hydrazone groups is 1. The zero-order chi connectivity index (χ0) is 17.4. The van der Waals surface area contributed by atoms with Crippen LogP contribution in [0.4, 0.5) is 0 Å². The molecule has 0 saturated heterocycles. The fourth-order valence-corrected chi connectivity index (χ4v) is 1.97. The van der Waals surface area contributed by atoms with E-state index in [-0.39, 0.29) is 5.91 Å². The predicted molar refractivity (Wildman–Crippen MR) is 95.3 cm³/mol. The maximum Gasteiger partial charge on any atom is 0.272 e. The Labute approximate surface area is 142 Å². The normalized spacial score (nSPS) is 11.4. The number of pyridine rings is 1. The maximum atomic E-state index is 11.9. The minimum Gasteiger partial charge on any atom is -0.494 e. The van der Waals surface area contributed by atoms with E-state index in [1.54, 1.807) is 18.3 Å². The SMILES string of the molecule is C/C(=N/NC(=O)c1cccnc1)c1ccc(OCCC(C)C)cc1. The molecule has 0 radical (unpaired) electrons. The fraction of sp³-hybridized carbons (Fsp3) is 0.316. The second-order valence-electron chi connectivity index (χ2n) is 5.94. The Hall–Kier alpha value is -2.69. The highest BCUT2D eigenvalue weighted by Crippen LogP contribution is 2.14. The van der Waals surface area contributed by atoms with Crippen molar-refractivity contribution in [3.8, 4) is 5.75 Å². The van der Waals surface area contributed by atoms with Crippen LogP contribution in [0.1, 0.15) is 43.1 Å². The van der Waals surface area contributed by atoms with Crippen LogP contribution in [-0.4, -0.2) is 23.2 Å². The van der Waals surface area contributed by atoms with Crippen molar-refractivity contribution in [3.05, 3.63) is 59.9 Å². The van der Waals surface area contributed by atoms with Crippen LogP contribution in [0, 0.1) is 5.92 Å². The second-order valence-corrected chi connectivity index (χ2v) is 5.94. The smallest absolute Gasteiger partial charge is 0.272 e. The van der Waals surface area contributed by atoms with Gasteiger partial charge in [-0.25, -0.2) is 5.43 Å². The number of hydrogen-bond donors (Lipinski definition) is 1. The summed E-state index contributed by atoms with van der Waals surface area (Å²) in [4.78, 5) is 15.8. The van der Waals surface area contributed by atoms with Crippen LogP contribution in [0.15, 0.2) is 53.9 Å². The van der Waals surface area contributed by atoms with E-state index < -0.39 is 0 Å². The molecule has 1 aromatic heterocycles. The Kier molecular flexibility index (Phi) is 6.49. The van der Waals surface area contributed by atoms with E-state index in [2.05, 4.69) is 29.4 Å². The first-order valence-electron chi connectivity index (χ1n) is 8.04. The summed E-state index contributed by atoms with van der Waals surface area (Å²) >= 11 is 0. The highest BCUT2D eigenvalue weighted by Gasteiger charge is 2.05. The summed E-state index contributed by atoms with van der Waals surface area (Å²) in [7, 11) is 0. The van der Waals surface area contributed by atoms with Crippen LogP contribution < -0.4 is 10.2 Å². The number of carbonyl (C=O) groups excluding carboxylic acids is 1. The molecule has 1 amide bonds. The Morgan fingerprint density at radius 3 is 2.58 bits per heavy atom. The number of hydrogen-bond acceptors (Lipinski definition) is 4. The van der Waals surface area contributed by atoms with Gasteiger partial charge in [-0.1, -0.05) is 13.8 Å². The maximum absolute atomic E-state index is 11.9. The zero-order valence-electron chi connectivity index (χ0n) is 14.3. The summed E-state index contributed by atoms with van der Waals surface area (Å²) in [5.41, 5.74) is 4.66. The molecule has 0 saturated carbocycles. The van der Waals surface area contributed by atoms with Crippen molar-refractivity contribution in [1.82, 2.24) is 10.4 Å². The molecule has 0 spiro atoms. The first kappa shape index (κ1) is 17.7. The fourth-order valence-electron chi connectivity index (χ4n) is 1.97. The van der Waals surface area contributed by atoms with E-state index in [1.165, 1.54) is 6.20 Å². The third-order valence-corrected chi connectivity index (χ3v) is 3.48. The first-order valence-corrected chi connectivity index (χ1v) is 8.04. The molecule has 0 aliphatic carbocycles. The highest BCUT2D eigenvalue weighted by molar-refractivity contribution is 6.00. The van der Waals surface area contributed by atoms with Gasteiger partial charge in [-0.05, 0) is 61.2 Å². The molecule has 5 nitrogen and oxygen atoms in total. The summed E-state index contributed by atoms with van der Waals surface area (Å²) in [5.74, 6) is 1.18. The average molecular weight is 325 g/mol. The summed E-state index contributed by atoms with van der Waals surface area (Å²) in [6, 6.07) is 11.1. The lowest BCUT2D eigenvalue weighted by Crippen LogP contribution is -2.19. The Morgan fingerprint density at radius 1 is 1.21 bits per heavy atom. The number of carbonyl (C=O) groups is 1.